The van der Waals surface area contributed by atoms with Gasteiger partial charge in [-0.05, 0) is 37.0 Å². The van der Waals surface area contributed by atoms with Crippen LogP contribution in [0.25, 0.3) is 0 Å². The van der Waals surface area contributed by atoms with Crippen molar-refractivity contribution < 1.29 is 14.6 Å². The predicted molar refractivity (Wildman–Crippen MR) is 88.0 cm³/mol. The number of aliphatic hydroxyl groups is 1. The van der Waals surface area contributed by atoms with Gasteiger partial charge >= 0.3 is 0 Å². The number of hydrogen-bond donors (Lipinski definition) is 2. The number of likely N-dealkylation sites (tertiary alicyclic amines) is 1. The van der Waals surface area contributed by atoms with E-state index in [4.69, 9.17) is 10.5 Å². The van der Waals surface area contributed by atoms with Gasteiger partial charge in [-0.3, -0.25) is 9.69 Å². The van der Waals surface area contributed by atoms with Crippen molar-refractivity contribution in [3.63, 3.8) is 0 Å². The summed E-state index contributed by atoms with van der Waals surface area (Å²) in [4.78, 5) is 13.6. The van der Waals surface area contributed by atoms with Crippen LogP contribution in [-0.4, -0.2) is 41.7 Å². The lowest BCUT2D eigenvalue weighted by molar-refractivity contribution is -0.136. The van der Waals surface area contributed by atoms with Gasteiger partial charge in [0.05, 0.1) is 19.3 Å². The Morgan fingerprint density at radius 1 is 1.35 bits per heavy atom. The molecule has 3 atom stereocenters. The largest absolute Gasteiger partial charge is 0.497 e. The van der Waals surface area contributed by atoms with Crippen molar-refractivity contribution in [1.29, 1.82) is 0 Å². The molecule has 5 heteroatoms. The summed E-state index contributed by atoms with van der Waals surface area (Å²) in [5, 5.41) is 11.1. The van der Waals surface area contributed by atoms with Gasteiger partial charge in [-0.15, -0.1) is 0 Å². The second kappa shape index (κ2) is 6.49. The minimum absolute atomic E-state index is 0.0347. The van der Waals surface area contributed by atoms with Gasteiger partial charge in [0.15, 0.2) is 0 Å². The van der Waals surface area contributed by atoms with Crippen LogP contribution >= 0.6 is 0 Å². The SMILES string of the molecule is COc1ccc([C@@H]2[C@H]3CCCC[C@@]3(O)CCN2CC(N)=O)cc1. The molecule has 0 bridgehead atoms. The highest BCUT2D eigenvalue weighted by Crippen LogP contribution is 2.49. The highest BCUT2D eigenvalue weighted by atomic mass is 16.5. The van der Waals surface area contributed by atoms with E-state index in [2.05, 4.69) is 4.90 Å². The number of methoxy groups -OCH3 is 1. The van der Waals surface area contributed by atoms with Gasteiger partial charge in [0, 0.05) is 18.5 Å². The van der Waals surface area contributed by atoms with Gasteiger partial charge in [0.2, 0.25) is 5.91 Å². The molecule has 1 aliphatic heterocycles. The first-order valence-corrected chi connectivity index (χ1v) is 8.42. The summed E-state index contributed by atoms with van der Waals surface area (Å²) in [7, 11) is 1.65. The monoisotopic (exact) mass is 318 g/mol. The van der Waals surface area contributed by atoms with Crippen molar-refractivity contribution in [2.45, 2.75) is 43.7 Å². The van der Waals surface area contributed by atoms with Crippen LogP contribution in [-0.2, 0) is 4.79 Å². The fourth-order valence-corrected chi connectivity index (χ4v) is 4.36. The summed E-state index contributed by atoms with van der Waals surface area (Å²) in [6.45, 7) is 0.940. The Hall–Kier alpha value is -1.59. The van der Waals surface area contributed by atoms with Crippen LogP contribution in [0.2, 0.25) is 0 Å². The Kier molecular flexibility index (Phi) is 4.60. The van der Waals surface area contributed by atoms with E-state index in [1.54, 1.807) is 7.11 Å². The average Bonchev–Trinajstić information content (AvgIpc) is 2.54. The van der Waals surface area contributed by atoms with E-state index in [1.807, 2.05) is 24.3 Å². The molecule has 2 fully saturated rings. The second-order valence-corrected chi connectivity index (χ2v) is 6.86. The predicted octanol–water partition coefficient (Wildman–Crippen LogP) is 1.85. The van der Waals surface area contributed by atoms with Gasteiger partial charge in [-0.2, -0.15) is 0 Å². The van der Waals surface area contributed by atoms with Crippen LogP contribution in [0.1, 0.15) is 43.7 Å². The van der Waals surface area contributed by atoms with Gasteiger partial charge in [-0.1, -0.05) is 25.0 Å². The van der Waals surface area contributed by atoms with Crippen LogP contribution in [0.3, 0.4) is 0 Å². The molecule has 1 saturated carbocycles. The average molecular weight is 318 g/mol. The van der Waals surface area contributed by atoms with E-state index in [0.717, 1.165) is 43.4 Å². The lowest BCUT2D eigenvalue weighted by atomic mass is 9.66. The molecular weight excluding hydrogens is 292 g/mol. The molecule has 23 heavy (non-hydrogen) atoms. The zero-order valence-corrected chi connectivity index (χ0v) is 13.7. The zero-order valence-electron chi connectivity index (χ0n) is 13.7. The third-order valence-electron chi connectivity index (χ3n) is 5.49. The first-order valence-electron chi connectivity index (χ1n) is 8.42. The number of carbonyl (C=O) groups is 1. The molecule has 5 nitrogen and oxygen atoms in total. The Morgan fingerprint density at radius 3 is 2.74 bits per heavy atom. The molecule has 1 heterocycles. The number of piperidine rings is 1. The molecule has 3 rings (SSSR count). The molecule has 1 amide bonds. The third-order valence-corrected chi connectivity index (χ3v) is 5.49. The van der Waals surface area contributed by atoms with Gasteiger partial charge in [0.25, 0.3) is 0 Å². The van der Waals surface area contributed by atoms with Crippen LogP contribution in [0.4, 0.5) is 0 Å². The number of rotatable bonds is 4. The first kappa shape index (κ1) is 16.3. The van der Waals surface area contributed by atoms with Gasteiger partial charge in [0.1, 0.15) is 5.75 Å². The van der Waals surface area contributed by atoms with E-state index in [0.29, 0.717) is 6.54 Å². The smallest absolute Gasteiger partial charge is 0.231 e. The molecule has 0 radical (unpaired) electrons. The number of nitrogens with zero attached hydrogens (tertiary/aromatic N) is 1. The number of amides is 1. The Morgan fingerprint density at radius 2 is 2.09 bits per heavy atom. The topological polar surface area (TPSA) is 75.8 Å². The van der Waals surface area contributed by atoms with Crippen molar-refractivity contribution in [3.05, 3.63) is 29.8 Å². The number of hydrogen-bond acceptors (Lipinski definition) is 4. The Labute approximate surface area is 137 Å². The number of carbonyl (C=O) groups excluding carboxylic acids is 1. The molecule has 1 aliphatic carbocycles. The third kappa shape index (κ3) is 3.21. The van der Waals surface area contributed by atoms with Crippen molar-refractivity contribution in [2.24, 2.45) is 11.7 Å². The molecule has 0 unspecified atom stereocenters. The second-order valence-electron chi connectivity index (χ2n) is 6.86. The summed E-state index contributed by atoms with van der Waals surface area (Å²) in [6, 6.07) is 7.99. The standard InChI is InChI=1S/C18H26N2O3/c1-23-14-7-5-13(6-8-14)17-15-4-2-3-9-18(15,22)10-11-20(17)12-16(19)21/h5-8,15,17,22H,2-4,9-12H2,1H3,(H2,19,21)/t15-,17-,18-/m1/s1. The maximum absolute atomic E-state index is 11.5. The fourth-order valence-electron chi connectivity index (χ4n) is 4.36. The lowest BCUT2D eigenvalue weighted by Gasteiger charge is -2.52. The van der Waals surface area contributed by atoms with Crippen molar-refractivity contribution in [2.75, 3.05) is 20.2 Å². The van der Waals surface area contributed by atoms with Crippen LogP contribution < -0.4 is 10.5 Å². The molecule has 0 aromatic heterocycles. The van der Waals surface area contributed by atoms with Crippen molar-refractivity contribution in [3.8, 4) is 5.75 Å². The molecule has 2 aliphatic rings. The van der Waals surface area contributed by atoms with Crippen LogP contribution in [0.15, 0.2) is 24.3 Å². The summed E-state index contributed by atoms with van der Waals surface area (Å²) in [5.41, 5.74) is 5.96. The highest BCUT2D eigenvalue weighted by molar-refractivity contribution is 5.76. The molecule has 1 aromatic rings. The maximum Gasteiger partial charge on any atom is 0.231 e. The molecule has 3 N–H and O–H groups in total. The number of ether oxygens (including phenoxy) is 1. The van der Waals surface area contributed by atoms with Gasteiger partial charge in [-0.25, -0.2) is 0 Å². The van der Waals surface area contributed by atoms with E-state index in [-0.39, 0.29) is 24.4 Å². The van der Waals surface area contributed by atoms with Crippen molar-refractivity contribution in [1.82, 2.24) is 4.90 Å². The quantitative estimate of drug-likeness (QED) is 0.888. The lowest BCUT2D eigenvalue weighted by Crippen LogP contribution is -2.56. The van der Waals surface area contributed by atoms with E-state index in [9.17, 15) is 9.90 Å². The van der Waals surface area contributed by atoms with E-state index < -0.39 is 5.60 Å². The number of nitrogens with two attached hydrogens (primary N) is 1. The Balaban J connectivity index is 1.94. The minimum Gasteiger partial charge on any atom is -0.497 e. The molecule has 0 spiro atoms. The molecule has 1 saturated heterocycles. The summed E-state index contributed by atoms with van der Waals surface area (Å²) >= 11 is 0. The molecule has 126 valence electrons. The minimum atomic E-state index is -0.614. The first-order chi connectivity index (χ1) is 11.0. The normalized spacial score (nSPS) is 31.4. The van der Waals surface area contributed by atoms with Gasteiger partial charge < -0.3 is 15.6 Å². The van der Waals surface area contributed by atoms with E-state index in [1.165, 1.54) is 0 Å². The number of primary amides is 1. The number of fused-ring (bicyclic) bond motifs is 1. The van der Waals surface area contributed by atoms with Crippen LogP contribution in [0.5, 0.6) is 5.75 Å². The van der Waals surface area contributed by atoms with Crippen LogP contribution in [0, 0.1) is 5.92 Å². The van der Waals surface area contributed by atoms with Crippen molar-refractivity contribution >= 4 is 5.91 Å². The summed E-state index contributed by atoms with van der Waals surface area (Å²) < 4.78 is 5.24. The molecular formula is C18H26N2O3. The zero-order chi connectivity index (χ0) is 16.4. The highest BCUT2D eigenvalue weighted by Gasteiger charge is 2.49. The summed E-state index contributed by atoms with van der Waals surface area (Å²) in [5.74, 6) is 0.646. The summed E-state index contributed by atoms with van der Waals surface area (Å²) in [6.07, 6.45) is 4.77. The molecule has 1 aromatic carbocycles. The van der Waals surface area contributed by atoms with E-state index >= 15 is 0 Å². The number of benzene rings is 1. The Bertz CT molecular complexity index is 560. The maximum atomic E-state index is 11.5. The fraction of sp³-hybridized carbons (Fsp3) is 0.611.